The van der Waals surface area contributed by atoms with E-state index in [4.69, 9.17) is 14.2 Å². The third kappa shape index (κ3) is 6.15. The fraction of sp³-hybridized carbons (Fsp3) is 0.407. The fourth-order valence-corrected chi connectivity index (χ4v) is 4.17. The van der Waals surface area contributed by atoms with Crippen molar-refractivity contribution in [2.24, 2.45) is 5.92 Å². The molecule has 1 aliphatic rings. The van der Waals surface area contributed by atoms with Crippen LogP contribution in [0.25, 0.3) is 0 Å². The molecule has 0 saturated carbocycles. The van der Waals surface area contributed by atoms with Crippen LogP contribution in [0, 0.1) is 5.92 Å². The number of para-hydroxylation sites is 1. The zero-order valence-corrected chi connectivity index (χ0v) is 19.4. The van der Waals surface area contributed by atoms with E-state index in [0.29, 0.717) is 26.2 Å². The molecule has 0 amide bonds. The van der Waals surface area contributed by atoms with Gasteiger partial charge in [-0.2, -0.15) is 0 Å². The van der Waals surface area contributed by atoms with E-state index < -0.39 is 0 Å². The summed E-state index contributed by atoms with van der Waals surface area (Å²) in [7, 11) is 0. The van der Waals surface area contributed by atoms with Crippen molar-refractivity contribution in [3.8, 4) is 11.5 Å². The maximum atomic E-state index is 12.2. The van der Waals surface area contributed by atoms with Crippen LogP contribution in [0.2, 0.25) is 0 Å². The Morgan fingerprint density at radius 1 is 1.27 bits per heavy atom. The second-order valence-electron chi connectivity index (χ2n) is 8.56. The van der Waals surface area contributed by atoms with Gasteiger partial charge >= 0.3 is 5.97 Å². The Kier molecular flexibility index (Phi) is 7.66. The van der Waals surface area contributed by atoms with Gasteiger partial charge in [-0.3, -0.25) is 4.79 Å². The van der Waals surface area contributed by atoms with Crippen molar-refractivity contribution in [3.63, 3.8) is 0 Å². The van der Waals surface area contributed by atoms with Crippen LogP contribution < -0.4 is 9.47 Å². The van der Waals surface area contributed by atoms with Crippen LogP contribution in [-0.4, -0.2) is 34.8 Å². The van der Waals surface area contributed by atoms with Gasteiger partial charge in [0, 0.05) is 25.4 Å². The molecule has 33 heavy (non-hydrogen) atoms. The van der Waals surface area contributed by atoms with E-state index in [2.05, 4.69) is 35.3 Å². The number of esters is 1. The van der Waals surface area contributed by atoms with Crippen LogP contribution in [-0.2, 0) is 28.9 Å². The number of nitrogens with zero attached hydrogens (tertiary/aromatic N) is 2. The summed E-state index contributed by atoms with van der Waals surface area (Å²) in [5, 5.41) is 0. The number of hydrogen-bond donors (Lipinski definition) is 0. The van der Waals surface area contributed by atoms with Crippen LogP contribution >= 0.6 is 0 Å². The Labute approximate surface area is 195 Å². The molecule has 6 heteroatoms. The molecule has 2 atom stereocenters. The molecule has 6 nitrogen and oxygen atoms in total. The number of aromatic nitrogens is 2. The van der Waals surface area contributed by atoms with Crippen molar-refractivity contribution < 1.29 is 19.0 Å². The summed E-state index contributed by atoms with van der Waals surface area (Å²) >= 11 is 0. The third-order valence-electron chi connectivity index (χ3n) is 5.97. The lowest BCUT2D eigenvalue weighted by molar-refractivity contribution is -0.147. The van der Waals surface area contributed by atoms with Crippen molar-refractivity contribution in [2.45, 2.75) is 52.2 Å². The molecule has 0 N–H and O–H groups in total. The van der Waals surface area contributed by atoms with E-state index in [1.165, 1.54) is 5.56 Å². The standard InChI is InChI=1S/C27H32N2O4/c1-3-31-27(30)20(2)16-23-9-8-21(18-29-14-13-28-19-29)17-26(23)32-15-12-24-11-10-22-6-4-5-7-25(22)33-24/h4-9,13-14,17,19-20,24H,3,10-12,15-16,18H2,1-2H3. The Morgan fingerprint density at radius 2 is 2.15 bits per heavy atom. The van der Waals surface area contributed by atoms with Gasteiger partial charge in [0.25, 0.3) is 0 Å². The highest BCUT2D eigenvalue weighted by molar-refractivity contribution is 5.72. The molecule has 0 saturated heterocycles. The number of aryl methyl sites for hydroxylation is 1. The average molecular weight is 449 g/mol. The number of hydrogen-bond acceptors (Lipinski definition) is 5. The summed E-state index contributed by atoms with van der Waals surface area (Å²) in [4.78, 5) is 16.3. The second-order valence-corrected chi connectivity index (χ2v) is 8.56. The van der Waals surface area contributed by atoms with Crippen molar-refractivity contribution in [3.05, 3.63) is 77.9 Å². The second kappa shape index (κ2) is 11.0. The molecule has 0 radical (unpaired) electrons. The largest absolute Gasteiger partial charge is 0.493 e. The lowest BCUT2D eigenvalue weighted by atomic mass is 9.99. The first-order chi connectivity index (χ1) is 16.1. The van der Waals surface area contributed by atoms with E-state index in [0.717, 1.165) is 41.9 Å². The molecule has 4 rings (SSSR count). The summed E-state index contributed by atoms with van der Waals surface area (Å²) in [5.74, 6) is 1.39. The van der Waals surface area contributed by atoms with Gasteiger partial charge in [-0.15, -0.1) is 0 Å². The SMILES string of the molecule is CCOC(=O)C(C)Cc1ccc(Cn2ccnc2)cc1OCCC1CCc2ccccc2O1. The maximum absolute atomic E-state index is 12.2. The van der Waals surface area contributed by atoms with Crippen LogP contribution in [0.5, 0.6) is 11.5 Å². The lowest BCUT2D eigenvalue weighted by Gasteiger charge is -2.26. The van der Waals surface area contributed by atoms with Crippen molar-refractivity contribution in [2.75, 3.05) is 13.2 Å². The van der Waals surface area contributed by atoms with Crippen LogP contribution in [0.3, 0.4) is 0 Å². The number of ether oxygens (including phenoxy) is 3. The highest BCUT2D eigenvalue weighted by Crippen LogP contribution is 2.29. The van der Waals surface area contributed by atoms with E-state index in [1.807, 2.05) is 36.7 Å². The highest BCUT2D eigenvalue weighted by Gasteiger charge is 2.20. The molecule has 1 aromatic heterocycles. The molecular weight excluding hydrogens is 416 g/mol. The quantitative estimate of drug-likeness (QED) is 0.416. The molecule has 1 aliphatic heterocycles. The van der Waals surface area contributed by atoms with Gasteiger partial charge < -0.3 is 18.8 Å². The monoisotopic (exact) mass is 448 g/mol. The molecule has 2 aromatic carbocycles. The van der Waals surface area contributed by atoms with Crippen molar-refractivity contribution in [1.82, 2.24) is 9.55 Å². The Hall–Kier alpha value is -3.28. The average Bonchev–Trinajstić information content (AvgIpc) is 3.33. The molecule has 174 valence electrons. The Bertz CT molecular complexity index is 1050. The van der Waals surface area contributed by atoms with E-state index >= 15 is 0 Å². The van der Waals surface area contributed by atoms with E-state index in [1.54, 1.807) is 12.5 Å². The maximum Gasteiger partial charge on any atom is 0.308 e. The first-order valence-electron chi connectivity index (χ1n) is 11.7. The minimum absolute atomic E-state index is 0.149. The zero-order valence-electron chi connectivity index (χ0n) is 19.4. The zero-order chi connectivity index (χ0) is 23.0. The molecule has 2 heterocycles. The normalized spacial score (nSPS) is 15.9. The smallest absolute Gasteiger partial charge is 0.308 e. The van der Waals surface area contributed by atoms with Gasteiger partial charge in [0.15, 0.2) is 0 Å². The number of carbonyl (C=O) groups is 1. The summed E-state index contributed by atoms with van der Waals surface area (Å²) in [6.45, 7) is 5.39. The predicted octanol–water partition coefficient (Wildman–Crippen LogP) is 4.84. The summed E-state index contributed by atoms with van der Waals surface area (Å²) in [6, 6.07) is 14.5. The molecule has 3 aromatic rings. The number of benzene rings is 2. The molecule has 0 bridgehead atoms. The van der Waals surface area contributed by atoms with E-state index in [-0.39, 0.29) is 18.0 Å². The van der Waals surface area contributed by atoms with Gasteiger partial charge in [0.2, 0.25) is 0 Å². The van der Waals surface area contributed by atoms with Gasteiger partial charge in [-0.25, -0.2) is 4.98 Å². The van der Waals surface area contributed by atoms with Crippen LogP contribution in [0.1, 0.15) is 43.4 Å². The number of imidazole rings is 1. The summed E-state index contributed by atoms with van der Waals surface area (Å²) in [6.07, 6.45) is 9.08. The Morgan fingerprint density at radius 3 is 2.97 bits per heavy atom. The molecule has 2 unspecified atom stereocenters. The van der Waals surface area contributed by atoms with Crippen molar-refractivity contribution in [1.29, 1.82) is 0 Å². The Balaban J connectivity index is 1.42. The summed E-state index contributed by atoms with van der Waals surface area (Å²) < 4.78 is 19.7. The first kappa shape index (κ1) is 22.9. The van der Waals surface area contributed by atoms with Gasteiger partial charge in [-0.05, 0) is 55.0 Å². The van der Waals surface area contributed by atoms with Crippen molar-refractivity contribution >= 4 is 5.97 Å². The van der Waals surface area contributed by atoms with Crippen LogP contribution in [0.15, 0.2) is 61.2 Å². The van der Waals surface area contributed by atoms with Crippen LogP contribution in [0.4, 0.5) is 0 Å². The fourth-order valence-electron chi connectivity index (χ4n) is 4.17. The van der Waals surface area contributed by atoms with Gasteiger partial charge in [-0.1, -0.05) is 37.3 Å². The number of rotatable bonds is 10. The topological polar surface area (TPSA) is 62.6 Å². The number of carbonyl (C=O) groups excluding carboxylic acids is 1. The predicted molar refractivity (Wildman–Crippen MR) is 127 cm³/mol. The van der Waals surface area contributed by atoms with Gasteiger partial charge in [0.1, 0.15) is 17.6 Å². The first-order valence-corrected chi connectivity index (χ1v) is 11.7. The number of fused-ring (bicyclic) bond motifs is 1. The lowest BCUT2D eigenvalue weighted by Crippen LogP contribution is -2.25. The molecule has 0 fully saturated rings. The minimum atomic E-state index is -0.232. The highest BCUT2D eigenvalue weighted by atomic mass is 16.5. The minimum Gasteiger partial charge on any atom is -0.493 e. The summed E-state index contributed by atoms with van der Waals surface area (Å²) in [5.41, 5.74) is 3.41. The molecule has 0 aliphatic carbocycles. The third-order valence-corrected chi connectivity index (χ3v) is 5.97. The molecular formula is C27H32N2O4. The molecule has 0 spiro atoms. The van der Waals surface area contributed by atoms with E-state index in [9.17, 15) is 4.79 Å². The van der Waals surface area contributed by atoms with Gasteiger partial charge in [0.05, 0.1) is 25.5 Å².